The Kier molecular flexibility index (Phi) is 11.6. The van der Waals surface area contributed by atoms with Crippen molar-refractivity contribution in [3.8, 4) is 0 Å². The molecule has 0 unspecified atom stereocenters. The van der Waals surface area contributed by atoms with E-state index in [0.29, 0.717) is 0 Å². The van der Waals surface area contributed by atoms with Crippen LogP contribution in [-0.2, 0) is 19.5 Å². The van der Waals surface area contributed by atoms with Gasteiger partial charge >= 0.3 is 26.5 Å². The van der Waals surface area contributed by atoms with Crippen LogP contribution in [0.5, 0.6) is 0 Å². The van der Waals surface area contributed by atoms with Crippen molar-refractivity contribution in [2.75, 3.05) is 0 Å². The summed E-state index contributed by atoms with van der Waals surface area (Å²) in [5.74, 6) is 0. The van der Waals surface area contributed by atoms with Crippen LogP contribution in [0.4, 0.5) is 0 Å². The van der Waals surface area contributed by atoms with E-state index in [-0.39, 0.29) is 0 Å². The molecule has 0 radical (unpaired) electrons. The zero-order valence-corrected chi connectivity index (χ0v) is 8.67. The van der Waals surface area contributed by atoms with Crippen molar-refractivity contribution >= 4 is 26.5 Å². The molecule has 0 aromatic rings. The molecule has 0 aliphatic carbocycles. The first-order chi connectivity index (χ1) is 5.73. The van der Waals surface area contributed by atoms with Gasteiger partial charge in [-0.3, -0.25) is 9.11 Å². The van der Waals surface area contributed by atoms with Gasteiger partial charge in [0.15, 0.2) is 0 Å². The Morgan fingerprint density at radius 3 is 1.00 bits per heavy atom. The lowest BCUT2D eigenvalue weighted by molar-refractivity contribution is 0.275. The highest BCUT2D eigenvalue weighted by Crippen LogP contribution is 2.25. The van der Waals surface area contributed by atoms with Crippen LogP contribution >= 0.6 is 16.1 Å². The Balaban J connectivity index is -0.000000131. The van der Waals surface area contributed by atoms with Gasteiger partial charge in [0.25, 0.3) is 0 Å². The van der Waals surface area contributed by atoms with Gasteiger partial charge in [0.1, 0.15) is 0 Å². The standard InChI is InChI=1S/H3O4P.H2O4S.HO3P/c2*1-5(2,3)4;1-4(2)3/h(H3,1,2,3,4);(H2,1,2,3,4);(H-,1,2,3)/p+1. The van der Waals surface area contributed by atoms with E-state index in [9.17, 15) is 0 Å². The average molecular weight is 277 g/mol. The molecule has 0 fully saturated rings. The molecule has 88 valence electrons. The van der Waals surface area contributed by atoms with Gasteiger partial charge in [-0.05, 0) is 0 Å². The second-order valence-corrected chi connectivity index (χ2v) is 3.64. The van der Waals surface area contributed by atoms with Gasteiger partial charge in [-0.1, -0.05) is 0 Å². The second-order valence-electron chi connectivity index (χ2n) is 1.21. The maximum Gasteiger partial charge on any atom is 0.692 e. The summed E-state index contributed by atoms with van der Waals surface area (Å²) in [6.07, 6.45) is 0. The van der Waals surface area contributed by atoms with Crippen LogP contribution in [0.3, 0.4) is 0 Å². The molecule has 0 aliphatic rings. The molecule has 0 heterocycles. The van der Waals surface area contributed by atoms with E-state index in [1.807, 2.05) is 0 Å². The third-order valence-electron chi connectivity index (χ3n) is 0. The van der Waals surface area contributed by atoms with E-state index in [1.165, 1.54) is 0 Å². The average Bonchev–Trinajstić information content (AvgIpc) is 1.45. The maximum absolute atomic E-state index is 8.88. The largest absolute Gasteiger partial charge is 0.692 e. The lowest BCUT2D eigenvalue weighted by Gasteiger charge is -1.82. The number of hydrogen-bond donors (Lipinski definition) is 7. The fraction of sp³-hybridized carbons (Fsp3) is 0. The zero-order chi connectivity index (χ0) is 12.6. The molecule has 0 bridgehead atoms. The van der Waals surface area contributed by atoms with Gasteiger partial charge < -0.3 is 14.7 Å². The molecule has 0 atom stereocenters. The first-order valence-corrected chi connectivity index (χ1v) is 6.19. The van der Waals surface area contributed by atoms with Crippen molar-refractivity contribution in [1.82, 2.24) is 0 Å². The SMILES string of the molecule is O=P(O)(O)O.O=S(=O)(O)O.O=[P+](O)O. The minimum Gasteiger partial charge on any atom is -0.303 e. The predicted octanol–water partition coefficient (Wildman–Crippen LogP) is -1.95. The molecule has 14 heteroatoms. The van der Waals surface area contributed by atoms with Crippen molar-refractivity contribution in [3.05, 3.63) is 0 Å². The van der Waals surface area contributed by atoms with Gasteiger partial charge in [0.2, 0.25) is 0 Å². The molecule has 0 aromatic heterocycles. The molecule has 11 nitrogen and oxygen atoms in total. The van der Waals surface area contributed by atoms with Gasteiger partial charge in [0, 0.05) is 4.57 Å². The van der Waals surface area contributed by atoms with E-state index in [0.717, 1.165) is 0 Å². The summed E-state index contributed by atoms with van der Waals surface area (Å²) in [7, 11) is -12.2. The maximum atomic E-state index is 8.88. The molecule has 0 rings (SSSR count). The molecule has 0 saturated carbocycles. The molecule has 14 heavy (non-hydrogen) atoms. The van der Waals surface area contributed by atoms with Crippen LogP contribution < -0.4 is 0 Å². The lowest BCUT2D eigenvalue weighted by Crippen LogP contribution is -1.89. The number of hydrogen-bond acceptors (Lipinski definition) is 4. The molecule has 0 aromatic carbocycles. The normalized spacial score (nSPS) is 10.2. The Labute approximate surface area is 78.4 Å². The summed E-state index contributed by atoms with van der Waals surface area (Å²) in [4.78, 5) is 35.8. The van der Waals surface area contributed by atoms with E-state index >= 15 is 0 Å². The van der Waals surface area contributed by atoms with Crippen molar-refractivity contribution in [3.63, 3.8) is 0 Å². The molecule has 0 spiro atoms. The highest BCUT2D eigenvalue weighted by Gasteiger charge is 2.00. The fourth-order valence-corrected chi connectivity index (χ4v) is 0. The third-order valence-corrected chi connectivity index (χ3v) is 0. The third kappa shape index (κ3) is 62300000000000003469219842903506944. The Morgan fingerprint density at radius 1 is 1.00 bits per heavy atom. The van der Waals surface area contributed by atoms with Crippen LogP contribution in [0.25, 0.3) is 0 Å². The Morgan fingerprint density at radius 2 is 1.00 bits per heavy atom. The Hall–Kier alpha value is -0.000000000000000153. The quantitative estimate of drug-likeness (QED) is 0.191. The Bertz CT molecular complexity index is 258. The molecule has 7 N–H and O–H groups in total. The highest BCUT2D eigenvalue weighted by atomic mass is 32.3. The van der Waals surface area contributed by atoms with E-state index in [1.54, 1.807) is 0 Å². The molecule has 0 saturated heterocycles. The topological polar surface area (TPSA) is 210 Å². The number of rotatable bonds is 0. The van der Waals surface area contributed by atoms with E-state index < -0.39 is 26.5 Å². The van der Waals surface area contributed by atoms with Crippen molar-refractivity contribution < 1.29 is 51.1 Å². The minimum atomic E-state index is -4.67. The van der Waals surface area contributed by atoms with Crippen LogP contribution in [0.15, 0.2) is 0 Å². The van der Waals surface area contributed by atoms with Crippen LogP contribution in [-0.4, -0.2) is 42.0 Å². The zero-order valence-electron chi connectivity index (χ0n) is 6.07. The monoisotopic (exact) mass is 277 g/mol. The second kappa shape index (κ2) is 8.32. The molecular weight excluding hydrogens is 270 g/mol. The summed E-state index contributed by atoms with van der Waals surface area (Å²) in [6, 6.07) is 0. The van der Waals surface area contributed by atoms with E-state index in [4.69, 9.17) is 51.1 Å². The summed E-state index contributed by atoms with van der Waals surface area (Å²) in [6.45, 7) is 0. The minimum absolute atomic E-state index is 2.87. The summed E-state index contributed by atoms with van der Waals surface area (Å²) < 4.78 is 49.2. The molecule has 0 aliphatic heterocycles. The molecule has 0 amide bonds. The summed E-state index contributed by atoms with van der Waals surface area (Å²) in [5.41, 5.74) is 0. The van der Waals surface area contributed by atoms with Crippen LogP contribution in [0, 0.1) is 0 Å². The lowest BCUT2D eigenvalue weighted by atomic mass is 15.8. The van der Waals surface area contributed by atoms with Crippen LogP contribution in [0.2, 0.25) is 0 Å². The molecular formula is H7O11P2S+. The van der Waals surface area contributed by atoms with Gasteiger partial charge in [-0.25, -0.2) is 4.57 Å². The first-order valence-electron chi connectivity index (χ1n) is 2.06. The van der Waals surface area contributed by atoms with Crippen molar-refractivity contribution in [2.24, 2.45) is 0 Å². The van der Waals surface area contributed by atoms with Gasteiger partial charge in [-0.15, -0.1) is 9.79 Å². The van der Waals surface area contributed by atoms with Crippen molar-refractivity contribution in [2.45, 2.75) is 0 Å². The summed E-state index contributed by atoms with van der Waals surface area (Å²) >= 11 is 0. The van der Waals surface area contributed by atoms with Gasteiger partial charge in [0.05, 0.1) is 0 Å². The van der Waals surface area contributed by atoms with E-state index in [2.05, 4.69) is 0 Å². The number of phosphoric acid groups is 1. The van der Waals surface area contributed by atoms with Crippen LogP contribution in [0.1, 0.15) is 0 Å². The van der Waals surface area contributed by atoms with Gasteiger partial charge in [-0.2, -0.15) is 8.42 Å². The first kappa shape index (κ1) is 19.6. The predicted molar refractivity (Wildman–Crippen MR) is 40.5 cm³/mol. The smallest absolute Gasteiger partial charge is 0.303 e. The fourth-order valence-electron chi connectivity index (χ4n) is 0. The summed E-state index contributed by atoms with van der Waals surface area (Å²) in [5, 5.41) is 0. The van der Waals surface area contributed by atoms with Crippen molar-refractivity contribution in [1.29, 1.82) is 0 Å². The highest BCUT2D eigenvalue weighted by molar-refractivity contribution is 7.79.